The van der Waals surface area contributed by atoms with Gasteiger partial charge in [0.15, 0.2) is 0 Å². The minimum atomic E-state index is -0.299. The van der Waals surface area contributed by atoms with Crippen molar-refractivity contribution in [1.29, 1.82) is 0 Å². The maximum Gasteiger partial charge on any atom is 0.0852 e. The molecule has 0 spiro atoms. The van der Waals surface area contributed by atoms with Gasteiger partial charge in [0.2, 0.25) is 0 Å². The van der Waals surface area contributed by atoms with E-state index in [0.29, 0.717) is 5.92 Å². The summed E-state index contributed by atoms with van der Waals surface area (Å²) < 4.78 is 11.2. The Morgan fingerprint density at radius 3 is 2.50 bits per heavy atom. The topological polar surface area (TPSA) is 38.7 Å². The van der Waals surface area contributed by atoms with Gasteiger partial charge >= 0.3 is 0 Å². The van der Waals surface area contributed by atoms with E-state index in [-0.39, 0.29) is 17.6 Å². The average Bonchev–Trinajstić information content (AvgIpc) is 2.54. The average molecular weight is 228 g/mol. The summed E-state index contributed by atoms with van der Waals surface area (Å²) in [4.78, 5) is 0. The van der Waals surface area contributed by atoms with Crippen LogP contribution in [0.25, 0.3) is 0 Å². The Bertz CT molecular complexity index is 221. The molecule has 2 fully saturated rings. The lowest BCUT2D eigenvalue weighted by molar-refractivity contribution is -0.0700. The van der Waals surface area contributed by atoms with Crippen molar-refractivity contribution in [1.82, 2.24) is 0 Å². The van der Waals surface area contributed by atoms with E-state index in [9.17, 15) is 5.11 Å². The normalized spacial score (nSPS) is 35.4. The number of hydrogen-bond donors (Lipinski definition) is 1. The largest absolute Gasteiger partial charge is 0.390 e. The van der Waals surface area contributed by atoms with Gasteiger partial charge < -0.3 is 14.6 Å². The Morgan fingerprint density at radius 2 is 1.94 bits per heavy atom. The standard InChI is InChI=1S/C13H24O3/c1-13(2)6-3-11(12(13)14)16-9-10-4-7-15-8-5-10/h10-12,14H,3-9H2,1-2H3. The molecule has 94 valence electrons. The molecule has 1 saturated heterocycles. The predicted molar refractivity (Wildman–Crippen MR) is 62.3 cm³/mol. The van der Waals surface area contributed by atoms with E-state index in [2.05, 4.69) is 13.8 Å². The Morgan fingerprint density at radius 1 is 1.25 bits per heavy atom. The predicted octanol–water partition coefficient (Wildman–Crippen LogP) is 1.98. The fraction of sp³-hybridized carbons (Fsp3) is 1.00. The Labute approximate surface area is 98.1 Å². The Balaban J connectivity index is 1.74. The van der Waals surface area contributed by atoms with E-state index in [1.165, 1.54) is 0 Å². The number of aliphatic hydroxyl groups excluding tert-OH is 1. The molecule has 2 aliphatic rings. The second kappa shape index (κ2) is 5.03. The first-order chi connectivity index (χ1) is 7.59. The fourth-order valence-electron chi connectivity index (χ4n) is 2.67. The lowest BCUT2D eigenvalue weighted by Crippen LogP contribution is -2.34. The highest BCUT2D eigenvalue weighted by Gasteiger charge is 2.41. The monoisotopic (exact) mass is 228 g/mol. The summed E-state index contributed by atoms with van der Waals surface area (Å²) in [7, 11) is 0. The molecule has 2 unspecified atom stereocenters. The van der Waals surface area contributed by atoms with Gasteiger partial charge in [0.25, 0.3) is 0 Å². The van der Waals surface area contributed by atoms with Crippen LogP contribution < -0.4 is 0 Å². The number of ether oxygens (including phenoxy) is 2. The zero-order chi connectivity index (χ0) is 11.6. The summed E-state index contributed by atoms with van der Waals surface area (Å²) in [6.07, 6.45) is 4.02. The van der Waals surface area contributed by atoms with Crippen LogP contribution in [0.15, 0.2) is 0 Å². The van der Waals surface area contributed by atoms with Gasteiger partial charge in [-0.05, 0) is 37.0 Å². The van der Waals surface area contributed by atoms with Crippen molar-refractivity contribution in [2.24, 2.45) is 11.3 Å². The Hall–Kier alpha value is -0.120. The van der Waals surface area contributed by atoms with Crippen LogP contribution in [-0.4, -0.2) is 37.1 Å². The van der Waals surface area contributed by atoms with Crippen LogP contribution in [0.2, 0.25) is 0 Å². The van der Waals surface area contributed by atoms with Gasteiger partial charge in [0.05, 0.1) is 18.8 Å². The van der Waals surface area contributed by atoms with E-state index >= 15 is 0 Å². The molecule has 0 radical (unpaired) electrons. The minimum absolute atomic E-state index is 0.0281. The van der Waals surface area contributed by atoms with Crippen LogP contribution in [0.1, 0.15) is 39.5 Å². The molecule has 0 aromatic rings. The lowest BCUT2D eigenvalue weighted by atomic mass is 9.89. The number of hydrogen-bond acceptors (Lipinski definition) is 3. The molecule has 1 aliphatic carbocycles. The van der Waals surface area contributed by atoms with Crippen molar-refractivity contribution in [2.45, 2.75) is 51.7 Å². The first kappa shape index (κ1) is 12.3. The summed E-state index contributed by atoms with van der Waals surface area (Å²) >= 11 is 0. The smallest absolute Gasteiger partial charge is 0.0852 e. The number of rotatable bonds is 3. The van der Waals surface area contributed by atoms with E-state index in [1.54, 1.807) is 0 Å². The van der Waals surface area contributed by atoms with Gasteiger partial charge in [-0.2, -0.15) is 0 Å². The molecule has 0 amide bonds. The maximum absolute atomic E-state index is 10.1. The molecule has 1 N–H and O–H groups in total. The quantitative estimate of drug-likeness (QED) is 0.802. The van der Waals surface area contributed by atoms with Gasteiger partial charge in [0.1, 0.15) is 0 Å². The molecular weight excluding hydrogens is 204 g/mol. The molecule has 0 aromatic heterocycles. The number of aliphatic hydroxyl groups is 1. The molecule has 2 atom stereocenters. The highest BCUT2D eigenvalue weighted by Crippen LogP contribution is 2.39. The van der Waals surface area contributed by atoms with Gasteiger partial charge in [-0.25, -0.2) is 0 Å². The van der Waals surface area contributed by atoms with Crippen LogP contribution in [0.5, 0.6) is 0 Å². The van der Waals surface area contributed by atoms with Crippen LogP contribution >= 0.6 is 0 Å². The minimum Gasteiger partial charge on any atom is -0.390 e. The summed E-state index contributed by atoms with van der Waals surface area (Å²) in [5, 5.41) is 10.1. The van der Waals surface area contributed by atoms with Gasteiger partial charge in [-0.1, -0.05) is 13.8 Å². The molecule has 0 aromatic carbocycles. The van der Waals surface area contributed by atoms with E-state index in [0.717, 1.165) is 45.5 Å². The first-order valence-corrected chi connectivity index (χ1v) is 6.47. The molecule has 1 saturated carbocycles. The zero-order valence-electron chi connectivity index (χ0n) is 10.4. The van der Waals surface area contributed by atoms with Crippen molar-refractivity contribution in [3.05, 3.63) is 0 Å². The fourth-order valence-corrected chi connectivity index (χ4v) is 2.67. The van der Waals surface area contributed by atoms with Crippen molar-refractivity contribution < 1.29 is 14.6 Å². The van der Waals surface area contributed by atoms with Crippen molar-refractivity contribution >= 4 is 0 Å². The maximum atomic E-state index is 10.1. The van der Waals surface area contributed by atoms with Crippen molar-refractivity contribution in [3.8, 4) is 0 Å². The molecule has 3 heteroatoms. The molecule has 1 heterocycles. The summed E-state index contributed by atoms with van der Waals surface area (Å²) in [5.74, 6) is 0.629. The third-order valence-electron chi connectivity index (χ3n) is 4.11. The summed E-state index contributed by atoms with van der Waals surface area (Å²) in [6.45, 7) is 6.77. The van der Waals surface area contributed by atoms with Crippen LogP contribution in [0, 0.1) is 11.3 Å². The zero-order valence-corrected chi connectivity index (χ0v) is 10.4. The SMILES string of the molecule is CC1(C)CCC(OCC2CCOCC2)C1O. The van der Waals surface area contributed by atoms with Crippen molar-refractivity contribution in [3.63, 3.8) is 0 Å². The molecule has 2 rings (SSSR count). The third kappa shape index (κ3) is 2.76. The van der Waals surface area contributed by atoms with Gasteiger partial charge in [-0.15, -0.1) is 0 Å². The molecule has 16 heavy (non-hydrogen) atoms. The second-order valence-corrected chi connectivity index (χ2v) is 5.90. The second-order valence-electron chi connectivity index (χ2n) is 5.90. The molecule has 0 bridgehead atoms. The Kier molecular flexibility index (Phi) is 3.88. The van der Waals surface area contributed by atoms with E-state index in [4.69, 9.17) is 9.47 Å². The third-order valence-corrected chi connectivity index (χ3v) is 4.11. The van der Waals surface area contributed by atoms with Crippen LogP contribution in [-0.2, 0) is 9.47 Å². The highest BCUT2D eigenvalue weighted by atomic mass is 16.5. The van der Waals surface area contributed by atoms with Crippen molar-refractivity contribution in [2.75, 3.05) is 19.8 Å². The van der Waals surface area contributed by atoms with E-state index < -0.39 is 0 Å². The molecule has 3 nitrogen and oxygen atoms in total. The highest BCUT2D eigenvalue weighted by molar-refractivity contribution is 4.92. The molecule has 1 aliphatic heterocycles. The van der Waals surface area contributed by atoms with Crippen LogP contribution in [0.3, 0.4) is 0 Å². The van der Waals surface area contributed by atoms with E-state index in [1.807, 2.05) is 0 Å². The van der Waals surface area contributed by atoms with Crippen LogP contribution in [0.4, 0.5) is 0 Å². The van der Waals surface area contributed by atoms with Gasteiger partial charge in [-0.3, -0.25) is 0 Å². The molecular formula is C13H24O3. The summed E-state index contributed by atoms with van der Waals surface area (Å²) in [5.41, 5.74) is 0.0281. The summed E-state index contributed by atoms with van der Waals surface area (Å²) in [6, 6.07) is 0. The van der Waals surface area contributed by atoms with Gasteiger partial charge in [0, 0.05) is 13.2 Å². The first-order valence-electron chi connectivity index (χ1n) is 6.47. The lowest BCUT2D eigenvalue weighted by Gasteiger charge is -2.28.